The van der Waals surface area contributed by atoms with Crippen LogP contribution in [0.2, 0.25) is 0 Å². The van der Waals surface area contributed by atoms with E-state index in [2.05, 4.69) is 9.97 Å². The molecule has 6 N–H and O–H groups in total. The van der Waals surface area contributed by atoms with Crippen LogP contribution in [0.1, 0.15) is 11.1 Å². The van der Waals surface area contributed by atoms with E-state index in [9.17, 15) is 4.79 Å². The number of aromatic nitrogens is 3. The molecule has 118 valence electrons. The second-order valence-electron chi connectivity index (χ2n) is 5.11. The van der Waals surface area contributed by atoms with Crippen LogP contribution in [-0.2, 0) is 6.54 Å². The molecule has 0 radical (unpaired) electrons. The SMILES string of the molecule is Cc1ccccc1Cn1c(N)c([Se]C(N)=O)c2c(N)ncnc21. The van der Waals surface area contributed by atoms with Crippen molar-refractivity contribution in [3.63, 3.8) is 0 Å². The maximum atomic E-state index is 11.4. The van der Waals surface area contributed by atoms with E-state index in [-0.39, 0.29) is 0 Å². The van der Waals surface area contributed by atoms with Crippen molar-refractivity contribution in [3.8, 4) is 0 Å². The van der Waals surface area contributed by atoms with Gasteiger partial charge in [0.25, 0.3) is 0 Å². The van der Waals surface area contributed by atoms with E-state index in [1.807, 2.05) is 35.8 Å². The van der Waals surface area contributed by atoms with E-state index < -0.39 is 19.8 Å². The molecule has 1 amide bonds. The zero-order valence-corrected chi connectivity index (χ0v) is 14.2. The number of benzene rings is 1. The van der Waals surface area contributed by atoms with Gasteiger partial charge in [0.15, 0.2) is 0 Å². The number of fused-ring (bicyclic) bond motifs is 1. The predicted octanol–water partition coefficient (Wildman–Crippen LogP) is 0.361. The summed E-state index contributed by atoms with van der Waals surface area (Å²) in [7, 11) is 0. The van der Waals surface area contributed by atoms with Gasteiger partial charge in [-0.05, 0) is 0 Å². The van der Waals surface area contributed by atoms with Gasteiger partial charge in [-0.3, -0.25) is 0 Å². The molecule has 3 aromatic rings. The molecule has 2 heterocycles. The number of hydrogen-bond acceptors (Lipinski definition) is 5. The number of rotatable bonds is 4. The van der Waals surface area contributed by atoms with Crippen LogP contribution in [0.5, 0.6) is 0 Å². The van der Waals surface area contributed by atoms with Crippen LogP contribution in [0.3, 0.4) is 0 Å². The number of carbonyl (C=O) groups excluding carboxylic acids is 1. The van der Waals surface area contributed by atoms with E-state index in [4.69, 9.17) is 17.2 Å². The maximum absolute atomic E-state index is 11.4. The summed E-state index contributed by atoms with van der Waals surface area (Å²) in [4.78, 5) is 19.3. The Morgan fingerprint density at radius 3 is 2.70 bits per heavy atom. The van der Waals surface area contributed by atoms with E-state index in [0.29, 0.717) is 33.7 Å². The summed E-state index contributed by atoms with van der Waals surface area (Å²) < 4.78 is 2.50. The van der Waals surface area contributed by atoms with Crippen molar-refractivity contribution >= 4 is 46.9 Å². The number of anilines is 2. The Morgan fingerprint density at radius 2 is 2.00 bits per heavy atom. The minimum absolute atomic E-state index is 0.309. The Kier molecular flexibility index (Phi) is 3.94. The van der Waals surface area contributed by atoms with Crippen molar-refractivity contribution in [1.29, 1.82) is 0 Å². The van der Waals surface area contributed by atoms with Crippen LogP contribution in [0.25, 0.3) is 11.0 Å². The molecule has 0 aliphatic rings. The first-order valence-corrected chi connectivity index (χ1v) is 8.60. The number of aryl methyl sites for hydroxylation is 1. The molecule has 7 nitrogen and oxygen atoms in total. The fourth-order valence-electron chi connectivity index (χ4n) is 2.50. The topological polar surface area (TPSA) is 126 Å². The molecule has 23 heavy (non-hydrogen) atoms. The molecule has 2 aromatic heterocycles. The number of hydrogen-bond donors (Lipinski definition) is 3. The fraction of sp³-hybridized carbons (Fsp3) is 0.133. The number of nitrogens with two attached hydrogens (primary N) is 3. The van der Waals surface area contributed by atoms with Crippen molar-refractivity contribution in [3.05, 3.63) is 41.7 Å². The molecule has 0 aliphatic carbocycles. The number of nitrogens with zero attached hydrogens (tertiary/aromatic N) is 3. The van der Waals surface area contributed by atoms with Crippen molar-refractivity contribution in [1.82, 2.24) is 14.5 Å². The Hall–Kier alpha value is -2.57. The van der Waals surface area contributed by atoms with Gasteiger partial charge < -0.3 is 0 Å². The molecule has 0 saturated heterocycles. The third-order valence-corrected chi connectivity index (χ3v) is 5.37. The van der Waals surface area contributed by atoms with Crippen LogP contribution in [0, 0.1) is 6.92 Å². The van der Waals surface area contributed by atoms with E-state index in [1.165, 1.54) is 6.33 Å². The van der Waals surface area contributed by atoms with Crippen molar-refractivity contribution < 1.29 is 4.79 Å². The molecule has 0 bridgehead atoms. The minimum atomic E-state index is -0.627. The average molecular weight is 375 g/mol. The molecule has 0 unspecified atom stereocenters. The van der Waals surface area contributed by atoms with E-state index in [1.54, 1.807) is 0 Å². The summed E-state index contributed by atoms with van der Waals surface area (Å²) in [6.45, 7) is 2.58. The summed E-state index contributed by atoms with van der Waals surface area (Å²) in [6.07, 6.45) is 1.40. The third kappa shape index (κ3) is 2.74. The Bertz CT molecular complexity index is 904. The molecule has 1 aromatic carbocycles. The second-order valence-corrected chi connectivity index (χ2v) is 7.23. The van der Waals surface area contributed by atoms with Gasteiger partial charge in [0.1, 0.15) is 0 Å². The first kappa shape index (κ1) is 15.3. The van der Waals surface area contributed by atoms with Crippen molar-refractivity contribution in [2.45, 2.75) is 13.5 Å². The molecule has 0 saturated carbocycles. The molecule has 0 aliphatic heterocycles. The monoisotopic (exact) mass is 376 g/mol. The zero-order chi connectivity index (χ0) is 16.6. The van der Waals surface area contributed by atoms with Crippen LogP contribution >= 0.6 is 0 Å². The van der Waals surface area contributed by atoms with Gasteiger partial charge in [-0.1, -0.05) is 0 Å². The normalized spacial score (nSPS) is 11.0. The van der Waals surface area contributed by atoms with Gasteiger partial charge in [-0.15, -0.1) is 0 Å². The van der Waals surface area contributed by atoms with Crippen molar-refractivity contribution in [2.24, 2.45) is 5.73 Å². The molecule has 8 heteroatoms. The first-order valence-electron chi connectivity index (χ1n) is 6.89. The van der Waals surface area contributed by atoms with Gasteiger partial charge in [0.2, 0.25) is 0 Å². The Balaban J connectivity index is 2.21. The molecular formula is C15H16N6OSe. The summed E-state index contributed by atoms with van der Waals surface area (Å²) in [5.74, 6) is 0.776. The van der Waals surface area contributed by atoms with Crippen LogP contribution in [0.15, 0.2) is 30.6 Å². The molecular weight excluding hydrogens is 359 g/mol. The first-order chi connectivity index (χ1) is 11.0. The van der Waals surface area contributed by atoms with Crippen LogP contribution in [0.4, 0.5) is 16.4 Å². The van der Waals surface area contributed by atoms with Gasteiger partial charge in [0.05, 0.1) is 0 Å². The summed E-state index contributed by atoms with van der Waals surface area (Å²) >= 11 is -0.627. The molecule has 0 spiro atoms. The second kappa shape index (κ2) is 5.91. The molecule has 0 atom stereocenters. The number of primary amides is 1. The zero-order valence-electron chi connectivity index (χ0n) is 12.5. The van der Waals surface area contributed by atoms with Gasteiger partial charge in [-0.2, -0.15) is 0 Å². The Labute approximate surface area is 139 Å². The Morgan fingerprint density at radius 1 is 1.26 bits per heavy atom. The molecule has 0 fully saturated rings. The van der Waals surface area contributed by atoms with Crippen LogP contribution in [-0.4, -0.2) is 34.3 Å². The number of carbonyl (C=O) groups is 1. The summed E-state index contributed by atoms with van der Waals surface area (Å²) in [5.41, 5.74) is 20.5. The van der Waals surface area contributed by atoms with Gasteiger partial charge in [0, 0.05) is 0 Å². The third-order valence-electron chi connectivity index (χ3n) is 3.66. The van der Waals surface area contributed by atoms with Crippen LogP contribution < -0.4 is 21.7 Å². The average Bonchev–Trinajstić information content (AvgIpc) is 2.76. The fourth-order valence-corrected chi connectivity index (χ4v) is 4.00. The standard InChI is InChI=1S/C15H16N6OSe/c1-8-4-2-3-5-9(8)6-21-13(17)11(23-15(18)22)10-12(16)19-7-20-14(10)21/h2-5,7H,6,17H2,1H3,(H2,18,22)(H2,16,19,20). The predicted molar refractivity (Wildman–Crippen MR) is 91.6 cm³/mol. The number of amides is 1. The molecule has 3 rings (SSSR count). The summed E-state index contributed by atoms with van der Waals surface area (Å²) in [6, 6.07) is 8.03. The number of nitrogen functional groups attached to an aromatic ring is 2. The van der Waals surface area contributed by atoms with E-state index >= 15 is 0 Å². The summed E-state index contributed by atoms with van der Waals surface area (Å²) in [5, 5.41) is 0.623. The van der Waals surface area contributed by atoms with Gasteiger partial charge >= 0.3 is 139 Å². The quantitative estimate of drug-likeness (QED) is 0.568. The van der Waals surface area contributed by atoms with Crippen molar-refractivity contribution in [2.75, 3.05) is 11.5 Å². The van der Waals surface area contributed by atoms with Gasteiger partial charge in [-0.25, -0.2) is 0 Å². The van der Waals surface area contributed by atoms with E-state index in [0.717, 1.165) is 11.1 Å².